The van der Waals surface area contributed by atoms with Gasteiger partial charge in [0.05, 0.1) is 18.7 Å². The molecule has 0 aliphatic carbocycles. The van der Waals surface area contributed by atoms with Gasteiger partial charge >= 0.3 is 0 Å². The van der Waals surface area contributed by atoms with Gasteiger partial charge in [-0.2, -0.15) is 5.26 Å². The molecule has 0 fully saturated rings. The lowest BCUT2D eigenvalue weighted by Gasteiger charge is -2.23. The zero-order valence-electron chi connectivity index (χ0n) is 13.5. The molecule has 22 heavy (non-hydrogen) atoms. The molecule has 2 aromatic carbocycles. The molecule has 3 heteroatoms. The third kappa shape index (κ3) is 3.59. The molecule has 114 valence electrons. The minimum atomic E-state index is -0.0569. The van der Waals surface area contributed by atoms with E-state index < -0.39 is 0 Å². The molecule has 0 saturated heterocycles. The molecule has 0 bridgehead atoms. The van der Waals surface area contributed by atoms with E-state index in [1.807, 2.05) is 36.4 Å². The van der Waals surface area contributed by atoms with Gasteiger partial charge in [-0.1, -0.05) is 39.0 Å². The highest BCUT2D eigenvalue weighted by Gasteiger charge is 2.20. The number of hydrogen-bond acceptors (Lipinski definition) is 3. The first-order valence-corrected chi connectivity index (χ1v) is 7.25. The lowest BCUT2D eigenvalue weighted by molar-refractivity contribution is 0.296. The van der Waals surface area contributed by atoms with Crippen LogP contribution in [0.15, 0.2) is 42.5 Å². The Kier molecular flexibility index (Phi) is 4.72. The Bertz CT molecular complexity index is 693. The first-order valence-electron chi connectivity index (χ1n) is 7.25. The van der Waals surface area contributed by atoms with Gasteiger partial charge in [0, 0.05) is 11.1 Å². The van der Waals surface area contributed by atoms with Gasteiger partial charge in [-0.05, 0) is 29.7 Å². The lowest BCUT2D eigenvalue weighted by atomic mass is 9.86. The van der Waals surface area contributed by atoms with Crippen molar-refractivity contribution in [3.63, 3.8) is 0 Å². The highest BCUT2D eigenvalue weighted by Crippen LogP contribution is 2.34. The topological polar surface area (TPSA) is 42.2 Å². The molecule has 0 N–H and O–H groups in total. The highest BCUT2D eigenvalue weighted by atomic mass is 16.5. The van der Waals surface area contributed by atoms with Gasteiger partial charge in [-0.3, -0.25) is 0 Å². The highest BCUT2D eigenvalue weighted by molar-refractivity contribution is 5.44. The van der Waals surface area contributed by atoms with Gasteiger partial charge in [0.2, 0.25) is 0 Å². The van der Waals surface area contributed by atoms with Gasteiger partial charge in [0.25, 0.3) is 0 Å². The van der Waals surface area contributed by atoms with Crippen LogP contribution in [0.5, 0.6) is 11.5 Å². The van der Waals surface area contributed by atoms with Gasteiger partial charge in [-0.15, -0.1) is 0 Å². The molecule has 0 saturated carbocycles. The molecule has 0 aliphatic rings. The van der Waals surface area contributed by atoms with Crippen LogP contribution in [-0.2, 0) is 12.0 Å². The monoisotopic (exact) mass is 295 g/mol. The maximum absolute atomic E-state index is 9.15. The number of methoxy groups -OCH3 is 1. The summed E-state index contributed by atoms with van der Waals surface area (Å²) in [7, 11) is 1.66. The predicted molar refractivity (Wildman–Crippen MR) is 87.2 cm³/mol. The molecule has 0 spiro atoms. The summed E-state index contributed by atoms with van der Waals surface area (Å²) in [4.78, 5) is 0. The summed E-state index contributed by atoms with van der Waals surface area (Å²) < 4.78 is 11.3. The van der Waals surface area contributed by atoms with E-state index in [1.165, 1.54) is 0 Å². The molecule has 0 unspecified atom stereocenters. The van der Waals surface area contributed by atoms with E-state index in [2.05, 4.69) is 26.8 Å². The molecule has 2 rings (SSSR count). The summed E-state index contributed by atoms with van der Waals surface area (Å²) in [6.07, 6.45) is 0. The van der Waals surface area contributed by atoms with Crippen molar-refractivity contribution in [2.45, 2.75) is 32.8 Å². The van der Waals surface area contributed by atoms with Gasteiger partial charge < -0.3 is 9.47 Å². The number of benzene rings is 2. The Morgan fingerprint density at radius 1 is 1.09 bits per heavy atom. The molecule has 0 aromatic heterocycles. The fraction of sp³-hybridized carbons (Fsp3) is 0.316. The van der Waals surface area contributed by atoms with E-state index in [4.69, 9.17) is 14.7 Å². The van der Waals surface area contributed by atoms with Crippen LogP contribution in [0.3, 0.4) is 0 Å². The van der Waals surface area contributed by atoms with Crippen molar-refractivity contribution in [1.29, 1.82) is 5.26 Å². The molecular formula is C19H21NO2. The van der Waals surface area contributed by atoms with Crippen LogP contribution in [0.1, 0.15) is 37.5 Å². The maximum atomic E-state index is 9.15. The fourth-order valence-electron chi connectivity index (χ4n) is 2.26. The van der Waals surface area contributed by atoms with E-state index in [0.717, 1.165) is 22.6 Å². The number of ether oxygens (including phenoxy) is 2. The van der Waals surface area contributed by atoms with Crippen molar-refractivity contribution < 1.29 is 9.47 Å². The zero-order chi connectivity index (χ0) is 16.2. The fourth-order valence-corrected chi connectivity index (χ4v) is 2.26. The quantitative estimate of drug-likeness (QED) is 0.837. The van der Waals surface area contributed by atoms with Crippen molar-refractivity contribution in [2.75, 3.05) is 7.11 Å². The van der Waals surface area contributed by atoms with Gasteiger partial charge in [-0.25, -0.2) is 0 Å². The van der Waals surface area contributed by atoms with E-state index in [9.17, 15) is 0 Å². The first-order chi connectivity index (χ1) is 10.5. The molecule has 3 nitrogen and oxygen atoms in total. The second-order valence-corrected chi connectivity index (χ2v) is 6.17. The van der Waals surface area contributed by atoms with Crippen LogP contribution in [0.2, 0.25) is 0 Å². The molecule has 2 aromatic rings. The second-order valence-electron chi connectivity index (χ2n) is 6.17. The molecule has 0 radical (unpaired) electrons. The van der Waals surface area contributed by atoms with Crippen LogP contribution >= 0.6 is 0 Å². The minimum Gasteiger partial charge on any atom is -0.497 e. The Morgan fingerprint density at radius 3 is 2.45 bits per heavy atom. The van der Waals surface area contributed by atoms with Crippen LogP contribution < -0.4 is 9.47 Å². The summed E-state index contributed by atoms with van der Waals surface area (Å²) >= 11 is 0. The number of nitrogens with zero attached hydrogens (tertiary/aromatic N) is 1. The number of hydrogen-bond donors (Lipinski definition) is 0. The summed E-state index contributed by atoms with van der Waals surface area (Å²) in [6, 6.07) is 15.5. The molecule has 0 heterocycles. The molecule has 0 amide bonds. The van der Waals surface area contributed by atoms with Crippen molar-refractivity contribution in [3.05, 3.63) is 59.2 Å². The Morgan fingerprint density at radius 2 is 1.82 bits per heavy atom. The summed E-state index contributed by atoms with van der Waals surface area (Å²) in [5.74, 6) is 1.63. The third-order valence-electron chi connectivity index (χ3n) is 3.52. The Hall–Kier alpha value is -2.47. The van der Waals surface area contributed by atoms with Crippen LogP contribution in [-0.4, -0.2) is 7.11 Å². The number of rotatable bonds is 4. The van der Waals surface area contributed by atoms with E-state index >= 15 is 0 Å². The SMILES string of the molecule is COc1ccc(OCc2ccccc2C#N)c(C(C)(C)C)c1. The Labute approximate surface area is 132 Å². The normalized spacial score (nSPS) is 10.9. The molecular weight excluding hydrogens is 274 g/mol. The Balaban J connectivity index is 2.28. The average molecular weight is 295 g/mol. The lowest BCUT2D eigenvalue weighted by Crippen LogP contribution is -2.14. The summed E-state index contributed by atoms with van der Waals surface area (Å²) in [5, 5.41) is 9.15. The summed E-state index contributed by atoms with van der Waals surface area (Å²) in [5.41, 5.74) is 2.56. The van der Waals surface area contributed by atoms with Crippen LogP contribution in [0.4, 0.5) is 0 Å². The van der Waals surface area contributed by atoms with Crippen LogP contribution in [0.25, 0.3) is 0 Å². The zero-order valence-corrected chi connectivity index (χ0v) is 13.5. The predicted octanol–water partition coefficient (Wildman–Crippen LogP) is 4.44. The third-order valence-corrected chi connectivity index (χ3v) is 3.52. The van der Waals surface area contributed by atoms with Crippen molar-refractivity contribution in [1.82, 2.24) is 0 Å². The van der Waals surface area contributed by atoms with Crippen molar-refractivity contribution in [3.8, 4) is 17.6 Å². The van der Waals surface area contributed by atoms with Crippen molar-refractivity contribution in [2.24, 2.45) is 0 Å². The average Bonchev–Trinajstić information content (AvgIpc) is 2.52. The van der Waals surface area contributed by atoms with Crippen LogP contribution in [0, 0.1) is 11.3 Å². The standard InChI is InChI=1S/C19H21NO2/c1-19(2,3)17-11-16(21-4)9-10-18(17)22-13-15-8-6-5-7-14(15)12-20/h5-11H,13H2,1-4H3. The smallest absolute Gasteiger partial charge is 0.123 e. The van der Waals surface area contributed by atoms with Gasteiger partial charge in [0.1, 0.15) is 18.1 Å². The number of nitriles is 1. The van der Waals surface area contributed by atoms with E-state index in [1.54, 1.807) is 13.2 Å². The van der Waals surface area contributed by atoms with E-state index in [-0.39, 0.29) is 5.41 Å². The van der Waals surface area contributed by atoms with E-state index in [0.29, 0.717) is 12.2 Å². The largest absolute Gasteiger partial charge is 0.497 e. The summed E-state index contributed by atoms with van der Waals surface area (Å²) in [6.45, 7) is 6.78. The molecule has 0 aliphatic heterocycles. The minimum absolute atomic E-state index is 0.0569. The maximum Gasteiger partial charge on any atom is 0.123 e. The second kappa shape index (κ2) is 6.53. The van der Waals surface area contributed by atoms with Gasteiger partial charge in [0.15, 0.2) is 0 Å². The van der Waals surface area contributed by atoms with Crippen molar-refractivity contribution >= 4 is 0 Å². The first kappa shape index (κ1) is 15.9. The molecule has 0 atom stereocenters.